The fourth-order valence-corrected chi connectivity index (χ4v) is 10.00. The van der Waals surface area contributed by atoms with Gasteiger partial charge in [-0.05, 0) is 119 Å². The van der Waals surface area contributed by atoms with Gasteiger partial charge in [0.25, 0.3) is 0 Å². The molecule has 0 aliphatic heterocycles. The van der Waals surface area contributed by atoms with Gasteiger partial charge in [0.1, 0.15) is 0 Å². The van der Waals surface area contributed by atoms with Gasteiger partial charge in [-0.3, -0.25) is 0 Å². The third kappa shape index (κ3) is 4.66. The minimum absolute atomic E-state index is 0.357. The van der Waals surface area contributed by atoms with Gasteiger partial charge in [-0.25, -0.2) is 4.98 Å². The van der Waals surface area contributed by atoms with Crippen molar-refractivity contribution in [3.63, 3.8) is 0 Å². The molecule has 264 valence electrons. The first-order valence-electron chi connectivity index (χ1n) is 19.8. The van der Waals surface area contributed by atoms with E-state index in [1.807, 2.05) is 0 Å². The van der Waals surface area contributed by atoms with Crippen molar-refractivity contribution >= 4 is 21.7 Å². The largest absolute Gasteiger partial charge is 0.248 e. The summed E-state index contributed by atoms with van der Waals surface area (Å²) in [4.78, 5) is 5.16. The van der Waals surface area contributed by atoms with E-state index in [0.29, 0.717) is 0 Å². The van der Waals surface area contributed by atoms with E-state index in [4.69, 9.17) is 4.98 Å². The number of hydrogen-bond acceptors (Lipinski definition) is 1. The van der Waals surface area contributed by atoms with Gasteiger partial charge < -0.3 is 0 Å². The van der Waals surface area contributed by atoms with Gasteiger partial charge in [0.2, 0.25) is 0 Å². The number of aromatic nitrogens is 1. The summed E-state index contributed by atoms with van der Waals surface area (Å²) in [5, 5.41) is 3.60. The summed E-state index contributed by atoms with van der Waals surface area (Å²) in [6.07, 6.45) is 0. The van der Waals surface area contributed by atoms with Crippen LogP contribution in [0.2, 0.25) is 0 Å². The molecule has 0 bridgehead atoms. The van der Waals surface area contributed by atoms with Crippen molar-refractivity contribution in [1.82, 2.24) is 4.98 Å². The molecule has 2 aliphatic rings. The maximum atomic E-state index is 5.16. The molecule has 0 saturated carbocycles. The Kier molecular flexibility index (Phi) is 6.91. The maximum absolute atomic E-state index is 5.16. The van der Waals surface area contributed by atoms with E-state index >= 15 is 0 Å². The molecule has 0 unspecified atom stereocenters. The Bertz CT molecular complexity index is 3180. The van der Waals surface area contributed by atoms with Crippen molar-refractivity contribution in [3.05, 3.63) is 235 Å². The zero-order chi connectivity index (χ0) is 37.5. The molecule has 57 heavy (non-hydrogen) atoms. The summed E-state index contributed by atoms with van der Waals surface area (Å²) in [6, 6.07) is 78.1. The smallest absolute Gasteiger partial charge is 0.0725 e. The van der Waals surface area contributed by atoms with Crippen LogP contribution in [0.4, 0.5) is 0 Å². The number of rotatable bonds is 4. The Morgan fingerprint density at radius 2 is 0.825 bits per heavy atom. The van der Waals surface area contributed by atoms with E-state index < -0.39 is 0 Å². The van der Waals surface area contributed by atoms with Gasteiger partial charge in [-0.2, -0.15) is 0 Å². The lowest BCUT2D eigenvalue weighted by atomic mass is 9.70. The summed E-state index contributed by atoms with van der Waals surface area (Å²) in [5.74, 6) is 0. The van der Waals surface area contributed by atoms with E-state index in [9.17, 15) is 0 Å². The first-order valence-corrected chi connectivity index (χ1v) is 19.8. The Balaban J connectivity index is 1.01. The second kappa shape index (κ2) is 12.3. The van der Waals surface area contributed by atoms with Crippen molar-refractivity contribution in [2.75, 3.05) is 0 Å². The molecule has 0 saturated heterocycles. The van der Waals surface area contributed by atoms with Crippen LogP contribution >= 0.6 is 0 Å². The molecule has 1 spiro atoms. The topological polar surface area (TPSA) is 12.9 Å². The molecule has 0 fully saturated rings. The maximum Gasteiger partial charge on any atom is 0.0725 e. The molecular formula is C56H35N. The molecule has 0 radical (unpaired) electrons. The van der Waals surface area contributed by atoms with Crippen molar-refractivity contribution < 1.29 is 0 Å². The summed E-state index contributed by atoms with van der Waals surface area (Å²) in [6.45, 7) is 0. The van der Waals surface area contributed by atoms with Gasteiger partial charge in [0.05, 0.1) is 16.6 Å². The molecule has 1 nitrogen and oxygen atoms in total. The van der Waals surface area contributed by atoms with Crippen molar-refractivity contribution in [1.29, 1.82) is 0 Å². The summed E-state index contributed by atoms with van der Waals surface area (Å²) < 4.78 is 0. The Labute approximate surface area is 332 Å². The molecule has 1 heterocycles. The van der Waals surface area contributed by atoms with Crippen LogP contribution in [0.1, 0.15) is 22.3 Å². The van der Waals surface area contributed by atoms with E-state index in [1.165, 1.54) is 88.7 Å². The lowest BCUT2D eigenvalue weighted by Gasteiger charge is -2.30. The average molecular weight is 722 g/mol. The average Bonchev–Trinajstić information content (AvgIpc) is 3.76. The third-order valence-electron chi connectivity index (χ3n) is 12.5. The highest BCUT2D eigenvalue weighted by Gasteiger charge is 2.51. The van der Waals surface area contributed by atoms with Crippen LogP contribution in [0.25, 0.3) is 88.6 Å². The highest BCUT2D eigenvalue weighted by Crippen LogP contribution is 2.64. The van der Waals surface area contributed by atoms with Crippen LogP contribution in [-0.2, 0) is 5.41 Å². The first kappa shape index (κ1) is 31.9. The SMILES string of the molecule is c1ccc(-c2cc(-c3ccccc3)c3cc(-c4ccc5ccc(-c6cccc7c6-c6ccccc6C76c7ccccc7-c7ccccc76)cc5c4)ccc3n2)cc1. The number of hydrogen-bond donors (Lipinski definition) is 0. The molecule has 0 atom stereocenters. The minimum Gasteiger partial charge on any atom is -0.248 e. The molecular weight excluding hydrogens is 687 g/mol. The fraction of sp³-hybridized carbons (Fsp3) is 0.0179. The molecule has 1 heteroatoms. The summed E-state index contributed by atoms with van der Waals surface area (Å²) >= 11 is 0. The van der Waals surface area contributed by atoms with Gasteiger partial charge in [0.15, 0.2) is 0 Å². The second-order valence-corrected chi connectivity index (χ2v) is 15.4. The molecule has 12 rings (SSSR count). The van der Waals surface area contributed by atoms with Crippen LogP contribution in [0, 0.1) is 0 Å². The highest BCUT2D eigenvalue weighted by molar-refractivity contribution is 6.03. The predicted molar refractivity (Wildman–Crippen MR) is 237 cm³/mol. The zero-order valence-corrected chi connectivity index (χ0v) is 31.2. The van der Waals surface area contributed by atoms with Gasteiger partial charge >= 0.3 is 0 Å². The van der Waals surface area contributed by atoms with Gasteiger partial charge in [-0.1, -0.05) is 182 Å². The quantitative estimate of drug-likeness (QED) is 0.176. The zero-order valence-electron chi connectivity index (χ0n) is 31.2. The fourth-order valence-electron chi connectivity index (χ4n) is 10.00. The third-order valence-corrected chi connectivity index (χ3v) is 12.5. The lowest BCUT2D eigenvalue weighted by molar-refractivity contribution is 0.794. The lowest BCUT2D eigenvalue weighted by Crippen LogP contribution is -2.25. The Morgan fingerprint density at radius 3 is 1.54 bits per heavy atom. The normalized spacial score (nSPS) is 13.1. The Hall–Kier alpha value is -7.35. The van der Waals surface area contributed by atoms with E-state index in [0.717, 1.165) is 22.2 Å². The molecule has 1 aromatic heterocycles. The van der Waals surface area contributed by atoms with Crippen LogP contribution < -0.4 is 0 Å². The minimum atomic E-state index is -0.357. The molecule has 0 amide bonds. The number of fused-ring (bicyclic) bond motifs is 12. The Morgan fingerprint density at radius 1 is 0.298 bits per heavy atom. The van der Waals surface area contributed by atoms with Crippen LogP contribution in [0.3, 0.4) is 0 Å². The molecule has 0 N–H and O–H groups in total. The standard InChI is InChI=1S/C56H35N/c1-3-14-37(15-4-1)47-35-54(38-16-5-2-6-17-38)57-53-31-30-40(34-48(47)53)39-28-26-36-27-29-41(33-42(36)32-39)43-21-13-25-52-55(43)46-20-9-12-24-51(46)56(52)49-22-10-7-18-44(49)45-19-8-11-23-50(45)56/h1-35H. The first-order chi connectivity index (χ1) is 28.3. The monoisotopic (exact) mass is 721 g/mol. The highest BCUT2D eigenvalue weighted by atomic mass is 14.7. The number of pyridine rings is 1. The number of benzene rings is 9. The summed E-state index contributed by atoms with van der Waals surface area (Å²) in [5.41, 5.74) is 20.7. The van der Waals surface area contributed by atoms with Crippen molar-refractivity contribution in [3.8, 4) is 66.9 Å². The van der Waals surface area contributed by atoms with Crippen molar-refractivity contribution in [2.45, 2.75) is 5.41 Å². The van der Waals surface area contributed by atoms with Gasteiger partial charge in [-0.15, -0.1) is 0 Å². The van der Waals surface area contributed by atoms with E-state index in [1.54, 1.807) is 0 Å². The van der Waals surface area contributed by atoms with Crippen LogP contribution in [-0.4, -0.2) is 4.98 Å². The van der Waals surface area contributed by atoms with Gasteiger partial charge in [0, 0.05) is 10.9 Å². The molecule has 9 aromatic carbocycles. The predicted octanol–water partition coefficient (Wildman–Crippen LogP) is 14.4. The van der Waals surface area contributed by atoms with Crippen molar-refractivity contribution in [2.24, 2.45) is 0 Å². The molecule has 10 aromatic rings. The second-order valence-electron chi connectivity index (χ2n) is 15.4. The number of nitrogens with zero attached hydrogens (tertiary/aromatic N) is 1. The van der Waals surface area contributed by atoms with Crippen LogP contribution in [0.5, 0.6) is 0 Å². The molecule has 2 aliphatic carbocycles. The summed E-state index contributed by atoms with van der Waals surface area (Å²) in [7, 11) is 0. The van der Waals surface area contributed by atoms with E-state index in [2.05, 4.69) is 212 Å². The van der Waals surface area contributed by atoms with E-state index in [-0.39, 0.29) is 5.41 Å². The van der Waals surface area contributed by atoms with Crippen LogP contribution in [0.15, 0.2) is 212 Å².